The summed E-state index contributed by atoms with van der Waals surface area (Å²) in [6.45, 7) is 6.22. The van der Waals surface area contributed by atoms with Gasteiger partial charge >= 0.3 is 0 Å². The number of nitrogens with zero attached hydrogens (tertiary/aromatic N) is 4. The minimum atomic E-state index is -0.207. The fourth-order valence-corrected chi connectivity index (χ4v) is 4.10. The van der Waals surface area contributed by atoms with E-state index in [4.69, 9.17) is 0 Å². The van der Waals surface area contributed by atoms with Crippen molar-refractivity contribution in [2.24, 2.45) is 5.10 Å². The Morgan fingerprint density at radius 1 is 0.941 bits per heavy atom. The molecule has 0 atom stereocenters. The largest absolute Gasteiger partial charge is 0.272 e. The van der Waals surface area contributed by atoms with Gasteiger partial charge in [0.15, 0.2) is 11.0 Å². The molecule has 1 heterocycles. The Hall–Kier alpha value is -3.71. The predicted molar refractivity (Wildman–Crippen MR) is 139 cm³/mol. The first-order chi connectivity index (χ1) is 16.5. The van der Waals surface area contributed by atoms with Crippen LogP contribution in [0.1, 0.15) is 29.2 Å². The van der Waals surface area contributed by atoms with Gasteiger partial charge in [-0.05, 0) is 43.5 Å². The fourth-order valence-electron chi connectivity index (χ4n) is 3.36. The summed E-state index contributed by atoms with van der Waals surface area (Å²) in [5, 5.41) is 13.6. The van der Waals surface area contributed by atoms with Gasteiger partial charge in [-0.3, -0.25) is 9.36 Å². The van der Waals surface area contributed by atoms with Crippen LogP contribution in [0.5, 0.6) is 0 Å². The van der Waals surface area contributed by atoms with E-state index in [1.54, 1.807) is 6.21 Å². The second-order valence-corrected chi connectivity index (χ2v) is 8.96. The maximum atomic E-state index is 12.4. The third-order valence-electron chi connectivity index (χ3n) is 5.36. The average Bonchev–Trinajstić information content (AvgIpc) is 3.28. The number of carbonyl (C=O) groups excluding carboxylic acids is 1. The van der Waals surface area contributed by atoms with Gasteiger partial charge in [0.05, 0.1) is 12.0 Å². The van der Waals surface area contributed by atoms with Crippen LogP contribution in [-0.2, 0) is 11.2 Å². The summed E-state index contributed by atoms with van der Waals surface area (Å²) in [6.07, 6.45) is 2.64. The number of rotatable bonds is 8. The Bertz CT molecular complexity index is 1280. The molecule has 0 aliphatic rings. The summed E-state index contributed by atoms with van der Waals surface area (Å²) in [4.78, 5) is 12.4. The number of aromatic nitrogens is 3. The topological polar surface area (TPSA) is 72.2 Å². The third kappa shape index (κ3) is 5.80. The molecule has 0 bridgehead atoms. The molecule has 4 aromatic rings. The van der Waals surface area contributed by atoms with Crippen LogP contribution in [0.15, 0.2) is 83.1 Å². The normalized spacial score (nSPS) is 11.1. The van der Waals surface area contributed by atoms with E-state index in [1.807, 2.05) is 41.0 Å². The lowest BCUT2D eigenvalue weighted by molar-refractivity contribution is -0.118. The first-order valence-corrected chi connectivity index (χ1v) is 12.1. The molecule has 0 aliphatic carbocycles. The molecule has 6 nitrogen and oxygen atoms in total. The van der Waals surface area contributed by atoms with E-state index in [0.717, 1.165) is 29.1 Å². The minimum absolute atomic E-state index is 0.171. The molecule has 1 N–H and O–H groups in total. The molecular weight excluding hydrogens is 442 g/mol. The molecule has 0 saturated carbocycles. The minimum Gasteiger partial charge on any atom is -0.272 e. The van der Waals surface area contributed by atoms with Crippen molar-refractivity contribution in [1.29, 1.82) is 0 Å². The number of aryl methyl sites for hydroxylation is 3. The van der Waals surface area contributed by atoms with E-state index in [1.165, 1.54) is 28.5 Å². The molecular formula is C27H27N5OS. The van der Waals surface area contributed by atoms with E-state index >= 15 is 0 Å². The Morgan fingerprint density at radius 3 is 2.24 bits per heavy atom. The van der Waals surface area contributed by atoms with Gasteiger partial charge in [-0.15, -0.1) is 10.2 Å². The van der Waals surface area contributed by atoms with Crippen LogP contribution in [0.3, 0.4) is 0 Å². The molecule has 0 unspecified atom stereocenters. The Labute approximate surface area is 204 Å². The van der Waals surface area contributed by atoms with Crippen molar-refractivity contribution < 1.29 is 4.79 Å². The number of hydrazone groups is 1. The zero-order valence-electron chi connectivity index (χ0n) is 19.5. The summed E-state index contributed by atoms with van der Waals surface area (Å²) in [6, 6.07) is 24.4. The van der Waals surface area contributed by atoms with Crippen molar-refractivity contribution in [3.63, 3.8) is 0 Å². The summed E-state index contributed by atoms with van der Waals surface area (Å²) in [5.74, 6) is 0.700. The summed E-state index contributed by atoms with van der Waals surface area (Å²) in [7, 11) is 0. The van der Waals surface area contributed by atoms with Gasteiger partial charge in [0, 0.05) is 11.3 Å². The first kappa shape index (κ1) is 23.4. The van der Waals surface area contributed by atoms with Gasteiger partial charge in [0.1, 0.15) is 0 Å². The quantitative estimate of drug-likeness (QED) is 0.214. The van der Waals surface area contributed by atoms with Crippen LogP contribution >= 0.6 is 11.8 Å². The molecule has 4 rings (SSSR count). The Kier molecular flexibility index (Phi) is 7.54. The molecule has 0 radical (unpaired) electrons. The second-order valence-electron chi connectivity index (χ2n) is 8.02. The molecule has 3 aromatic carbocycles. The number of carbonyl (C=O) groups is 1. The highest BCUT2D eigenvalue weighted by atomic mass is 32.2. The maximum absolute atomic E-state index is 12.4. The lowest BCUT2D eigenvalue weighted by Gasteiger charge is -2.11. The monoisotopic (exact) mass is 469 g/mol. The smallest absolute Gasteiger partial charge is 0.250 e. The predicted octanol–water partition coefficient (Wildman–Crippen LogP) is 5.36. The molecule has 172 valence electrons. The number of benzene rings is 3. The molecule has 7 heteroatoms. The number of amides is 1. The fraction of sp³-hybridized carbons (Fsp3) is 0.185. The van der Waals surface area contributed by atoms with E-state index in [2.05, 4.69) is 77.9 Å². The molecule has 0 fully saturated rings. The zero-order valence-corrected chi connectivity index (χ0v) is 20.3. The van der Waals surface area contributed by atoms with Crippen molar-refractivity contribution in [2.45, 2.75) is 32.3 Å². The van der Waals surface area contributed by atoms with Crippen LogP contribution in [-0.4, -0.2) is 32.6 Å². The third-order valence-corrected chi connectivity index (χ3v) is 6.29. The Morgan fingerprint density at radius 2 is 1.59 bits per heavy atom. The van der Waals surface area contributed by atoms with Crippen molar-refractivity contribution >= 4 is 23.9 Å². The lowest BCUT2D eigenvalue weighted by atomic mass is 10.1. The average molecular weight is 470 g/mol. The van der Waals surface area contributed by atoms with Crippen LogP contribution < -0.4 is 5.43 Å². The van der Waals surface area contributed by atoms with Crippen molar-refractivity contribution in [3.8, 4) is 17.1 Å². The van der Waals surface area contributed by atoms with Crippen molar-refractivity contribution in [1.82, 2.24) is 20.2 Å². The maximum Gasteiger partial charge on any atom is 0.250 e. The number of hydrogen-bond acceptors (Lipinski definition) is 5. The van der Waals surface area contributed by atoms with E-state index in [-0.39, 0.29) is 11.7 Å². The number of hydrogen-bond donors (Lipinski definition) is 1. The van der Waals surface area contributed by atoms with Crippen LogP contribution in [0.4, 0.5) is 0 Å². The van der Waals surface area contributed by atoms with Gasteiger partial charge in [-0.25, -0.2) is 5.43 Å². The molecule has 34 heavy (non-hydrogen) atoms. The second kappa shape index (κ2) is 10.9. The molecule has 0 aliphatic heterocycles. The molecule has 0 saturated heterocycles. The summed E-state index contributed by atoms with van der Waals surface area (Å²) in [5.41, 5.74) is 9.06. The van der Waals surface area contributed by atoms with Crippen molar-refractivity contribution in [3.05, 3.63) is 95.1 Å². The lowest BCUT2D eigenvalue weighted by Crippen LogP contribution is -2.20. The van der Waals surface area contributed by atoms with E-state index < -0.39 is 0 Å². The van der Waals surface area contributed by atoms with Crippen LogP contribution in [0.2, 0.25) is 0 Å². The standard InChI is InChI=1S/C27H27N5OS/c1-4-21-9-11-22(12-10-21)17-28-29-25(33)18-34-27-31-30-26(23-13-5-19(2)6-14-23)32(27)24-15-7-20(3)8-16-24/h5-17H,4,18H2,1-3H3,(H,29,33)/b28-17-. The van der Waals surface area contributed by atoms with E-state index in [9.17, 15) is 4.79 Å². The van der Waals surface area contributed by atoms with E-state index in [0.29, 0.717) is 5.16 Å². The van der Waals surface area contributed by atoms with Gasteiger partial charge < -0.3 is 0 Å². The SMILES string of the molecule is CCc1ccc(/C=N\NC(=O)CSc2nnc(-c3ccc(C)cc3)n2-c2ccc(C)cc2)cc1. The molecule has 1 aromatic heterocycles. The highest BCUT2D eigenvalue weighted by Crippen LogP contribution is 2.28. The highest BCUT2D eigenvalue weighted by Gasteiger charge is 2.17. The highest BCUT2D eigenvalue weighted by molar-refractivity contribution is 7.99. The first-order valence-electron chi connectivity index (χ1n) is 11.2. The Balaban J connectivity index is 1.48. The van der Waals surface area contributed by atoms with Gasteiger partial charge in [0.2, 0.25) is 0 Å². The summed E-state index contributed by atoms with van der Waals surface area (Å²) < 4.78 is 1.99. The zero-order chi connectivity index (χ0) is 23.9. The number of nitrogens with one attached hydrogen (secondary N) is 1. The number of thioether (sulfide) groups is 1. The summed E-state index contributed by atoms with van der Waals surface area (Å²) >= 11 is 1.33. The van der Waals surface area contributed by atoms with Crippen molar-refractivity contribution in [2.75, 3.05) is 5.75 Å². The molecule has 0 spiro atoms. The van der Waals surface area contributed by atoms with Gasteiger partial charge in [-0.1, -0.05) is 90.5 Å². The van der Waals surface area contributed by atoms with Gasteiger partial charge in [0.25, 0.3) is 5.91 Å². The molecule has 1 amide bonds. The van der Waals surface area contributed by atoms with Gasteiger partial charge in [-0.2, -0.15) is 5.10 Å². The van der Waals surface area contributed by atoms with Crippen LogP contribution in [0, 0.1) is 13.8 Å². The van der Waals surface area contributed by atoms with Crippen LogP contribution in [0.25, 0.3) is 17.1 Å².